The minimum absolute atomic E-state index is 0.431. The highest BCUT2D eigenvalue weighted by atomic mass is 127. The molecular formula is C25H21IN4O3S. The van der Waals surface area contributed by atoms with Crippen molar-refractivity contribution < 1.29 is 14.2 Å². The van der Waals surface area contributed by atoms with Gasteiger partial charge in [-0.15, -0.1) is 10.2 Å². The number of nitrogens with one attached hydrogen (secondary N) is 1. The van der Waals surface area contributed by atoms with Crippen LogP contribution in [-0.2, 0) is 6.61 Å². The number of hydrogen-bond acceptors (Lipinski definition) is 8. The number of rotatable bonds is 6. The van der Waals surface area contributed by atoms with Crippen LogP contribution in [0, 0.1) is 3.57 Å². The molecule has 0 saturated heterocycles. The summed E-state index contributed by atoms with van der Waals surface area (Å²) in [5.41, 5.74) is 4.34. The van der Waals surface area contributed by atoms with E-state index in [9.17, 15) is 0 Å². The lowest BCUT2D eigenvalue weighted by atomic mass is 10.1. The molecule has 3 aromatic carbocycles. The summed E-state index contributed by atoms with van der Waals surface area (Å²) in [7, 11) is 1.64. The van der Waals surface area contributed by atoms with Crippen molar-refractivity contribution in [1.29, 1.82) is 0 Å². The van der Waals surface area contributed by atoms with Crippen LogP contribution in [0.3, 0.4) is 0 Å². The molecule has 0 spiro atoms. The average Bonchev–Trinajstić information content (AvgIpc) is 3.04. The summed E-state index contributed by atoms with van der Waals surface area (Å²) in [5.74, 6) is 1.76. The minimum atomic E-state index is -0.514. The topological polar surface area (TPSA) is 78.4 Å². The Hall–Kier alpha value is -3.05. The standard InChI is InChI=1S/C25H21IN4O3S/c1-31-20-13-16(12-18(26)22(20)32-14-15-8-4-3-5-9-15)23-27-19-11-7-6-10-17(19)21-24(33-23)28-25(34-2)30-29-21/h3-13,23,27H,14H2,1-2H3/t23-/m1/s1. The van der Waals surface area contributed by atoms with Crippen LogP contribution in [-0.4, -0.2) is 28.5 Å². The molecule has 4 aromatic rings. The van der Waals surface area contributed by atoms with E-state index in [0.29, 0.717) is 34.8 Å². The van der Waals surface area contributed by atoms with Gasteiger partial charge in [0.15, 0.2) is 23.4 Å². The maximum atomic E-state index is 6.35. The molecule has 1 atom stereocenters. The fourth-order valence-electron chi connectivity index (χ4n) is 3.65. The molecule has 172 valence electrons. The maximum Gasteiger partial charge on any atom is 0.247 e. The number of nitrogens with zero attached hydrogens (tertiary/aromatic N) is 3. The first kappa shape index (κ1) is 22.7. The van der Waals surface area contributed by atoms with Crippen LogP contribution in [0.2, 0.25) is 0 Å². The molecule has 1 N–H and O–H groups in total. The lowest BCUT2D eigenvalue weighted by Gasteiger charge is -2.21. The summed E-state index contributed by atoms with van der Waals surface area (Å²) >= 11 is 3.68. The van der Waals surface area contributed by atoms with Crippen LogP contribution in [0.15, 0.2) is 71.9 Å². The van der Waals surface area contributed by atoms with Crippen molar-refractivity contribution in [3.63, 3.8) is 0 Å². The summed E-state index contributed by atoms with van der Waals surface area (Å²) < 4.78 is 19.1. The maximum absolute atomic E-state index is 6.35. The Morgan fingerprint density at radius 2 is 1.85 bits per heavy atom. The van der Waals surface area contributed by atoms with Gasteiger partial charge in [0, 0.05) is 16.8 Å². The molecule has 0 fully saturated rings. The lowest BCUT2D eigenvalue weighted by molar-refractivity contribution is 0.223. The fourth-order valence-corrected chi connectivity index (χ4v) is 4.72. The molecule has 1 aliphatic heterocycles. The van der Waals surface area contributed by atoms with Crippen molar-refractivity contribution in [2.45, 2.75) is 18.0 Å². The number of halogens is 1. The molecule has 1 aromatic heterocycles. The predicted octanol–water partition coefficient (Wildman–Crippen LogP) is 5.96. The lowest BCUT2D eigenvalue weighted by Crippen LogP contribution is -2.17. The average molecular weight is 584 g/mol. The quantitative estimate of drug-likeness (QED) is 0.220. The highest BCUT2D eigenvalue weighted by Crippen LogP contribution is 2.42. The molecule has 5 rings (SSSR count). The Morgan fingerprint density at radius 3 is 2.65 bits per heavy atom. The molecular weight excluding hydrogens is 563 g/mol. The first-order chi connectivity index (χ1) is 16.7. The van der Waals surface area contributed by atoms with Gasteiger partial charge in [-0.25, -0.2) is 0 Å². The number of benzene rings is 3. The van der Waals surface area contributed by atoms with Crippen molar-refractivity contribution >= 4 is 40.0 Å². The van der Waals surface area contributed by atoms with E-state index < -0.39 is 6.23 Å². The molecule has 0 unspecified atom stereocenters. The summed E-state index contributed by atoms with van der Waals surface area (Å²) in [5, 5.41) is 12.6. The second-order valence-electron chi connectivity index (χ2n) is 7.45. The van der Waals surface area contributed by atoms with Crippen molar-refractivity contribution in [3.8, 4) is 28.6 Å². The van der Waals surface area contributed by atoms with Crippen molar-refractivity contribution in [1.82, 2.24) is 15.2 Å². The third-order valence-electron chi connectivity index (χ3n) is 5.30. The van der Waals surface area contributed by atoms with Gasteiger partial charge in [-0.1, -0.05) is 60.3 Å². The van der Waals surface area contributed by atoms with E-state index in [1.807, 2.05) is 73.0 Å². The van der Waals surface area contributed by atoms with Crippen LogP contribution in [0.1, 0.15) is 17.4 Å². The van der Waals surface area contributed by atoms with Gasteiger partial charge < -0.3 is 19.5 Å². The van der Waals surface area contributed by atoms with Crippen LogP contribution >= 0.6 is 34.4 Å². The van der Waals surface area contributed by atoms with Crippen molar-refractivity contribution in [2.75, 3.05) is 18.7 Å². The summed E-state index contributed by atoms with van der Waals surface area (Å²) in [6.45, 7) is 0.450. The zero-order chi connectivity index (χ0) is 23.5. The molecule has 34 heavy (non-hydrogen) atoms. The van der Waals surface area contributed by atoms with E-state index in [1.165, 1.54) is 11.8 Å². The van der Waals surface area contributed by atoms with E-state index in [0.717, 1.165) is 25.9 Å². The number of ether oxygens (including phenoxy) is 3. The smallest absolute Gasteiger partial charge is 0.247 e. The largest absolute Gasteiger partial charge is 0.493 e. The first-order valence-corrected chi connectivity index (χ1v) is 12.8. The van der Waals surface area contributed by atoms with Crippen LogP contribution in [0.4, 0.5) is 5.69 Å². The Kier molecular flexibility index (Phi) is 6.73. The third kappa shape index (κ3) is 4.62. The third-order valence-corrected chi connectivity index (χ3v) is 6.64. The molecule has 0 radical (unpaired) electrons. The van der Waals surface area contributed by atoms with Crippen LogP contribution < -0.4 is 19.5 Å². The van der Waals surface area contributed by atoms with E-state index in [2.05, 4.69) is 43.1 Å². The second kappa shape index (κ2) is 10.1. The number of hydrogen-bond donors (Lipinski definition) is 1. The number of anilines is 1. The zero-order valence-corrected chi connectivity index (χ0v) is 21.5. The van der Waals surface area contributed by atoms with Gasteiger partial charge in [0.1, 0.15) is 6.61 Å². The first-order valence-electron chi connectivity index (χ1n) is 10.5. The molecule has 9 heteroatoms. The van der Waals surface area contributed by atoms with Gasteiger partial charge in [0.25, 0.3) is 0 Å². The van der Waals surface area contributed by atoms with E-state index in [-0.39, 0.29) is 0 Å². The monoisotopic (exact) mass is 584 g/mol. The molecule has 0 amide bonds. The molecule has 1 aliphatic rings. The summed E-state index contributed by atoms with van der Waals surface area (Å²) in [4.78, 5) is 4.58. The molecule has 7 nitrogen and oxygen atoms in total. The Bertz CT molecular complexity index is 1320. The molecule has 0 aliphatic carbocycles. The van der Waals surface area contributed by atoms with Gasteiger partial charge in [0.2, 0.25) is 11.0 Å². The number of fused-ring (bicyclic) bond motifs is 3. The normalized spacial score (nSPS) is 14.1. The molecule has 0 bridgehead atoms. The van der Waals surface area contributed by atoms with Gasteiger partial charge in [0.05, 0.1) is 10.7 Å². The van der Waals surface area contributed by atoms with E-state index >= 15 is 0 Å². The summed E-state index contributed by atoms with van der Waals surface area (Å²) in [6, 6.07) is 21.9. The van der Waals surface area contributed by atoms with Crippen molar-refractivity contribution in [2.24, 2.45) is 0 Å². The number of thioether (sulfide) groups is 1. The van der Waals surface area contributed by atoms with E-state index in [1.54, 1.807) is 7.11 Å². The number of aromatic nitrogens is 3. The van der Waals surface area contributed by atoms with Crippen LogP contribution in [0.25, 0.3) is 11.3 Å². The number of para-hydroxylation sites is 1. The number of methoxy groups -OCH3 is 1. The Morgan fingerprint density at radius 1 is 1.06 bits per heavy atom. The minimum Gasteiger partial charge on any atom is -0.493 e. The van der Waals surface area contributed by atoms with Gasteiger partial charge >= 0.3 is 0 Å². The molecule has 0 saturated carbocycles. The highest BCUT2D eigenvalue weighted by molar-refractivity contribution is 14.1. The van der Waals surface area contributed by atoms with Crippen molar-refractivity contribution in [3.05, 3.63) is 81.4 Å². The zero-order valence-electron chi connectivity index (χ0n) is 18.5. The fraction of sp³-hybridized carbons (Fsp3) is 0.160. The van der Waals surface area contributed by atoms with Crippen LogP contribution in [0.5, 0.6) is 17.4 Å². The van der Waals surface area contributed by atoms with Gasteiger partial charge in [-0.2, -0.15) is 4.98 Å². The highest BCUT2D eigenvalue weighted by Gasteiger charge is 2.27. The van der Waals surface area contributed by atoms with Gasteiger partial charge in [-0.3, -0.25) is 0 Å². The van der Waals surface area contributed by atoms with E-state index in [4.69, 9.17) is 14.2 Å². The Labute approximate surface area is 215 Å². The Balaban J connectivity index is 1.51. The van der Waals surface area contributed by atoms with Gasteiger partial charge in [-0.05, 0) is 52.6 Å². The second-order valence-corrected chi connectivity index (χ2v) is 9.38. The summed E-state index contributed by atoms with van der Waals surface area (Å²) in [6.07, 6.45) is 1.39. The SMILES string of the molecule is COc1cc([C@@H]2Nc3ccccc3-c3nnc(SC)nc3O2)cc(I)c1OCc1ccccc1. The molecule has 2 heterocycles. The predicted molar refractivity (Wildman–Crippen MR) is 141 cm³/mol.